The van der Waals surface area contributed by atoms with E-state index in [1.807, 2.05) is 54.6 Å². The first-order valence-corrected chi connectivity index (χ1v) is 12.2. The highest BCUT2D eigenvalue weighted by atomic mass is 16.7. The van der Waals surface area contributed by atoms with Gasteiger partial charge in [-0.2, -0.15) is 0 Å². The summed E-state index contributed by atoms with van der Waals surface area (Å²) < 4.78 is 16.7. The number of carboxylic acid groups (broad SMARTS) is 1. The molecular formula is C29H32O8. The summed E-state index contributed by atoms with van der Waals surface area (Å²) in [6.07, 6.45) is -7.45. The predicted octanol–water partition coefficient (Wildman–Crippen LogP) is 3.25. The summed E-state index contributed by atoms with van der Waals surface area (Å²) in [4.78, 5) is 11.3. The Morgan fingerprint density at radius 1 is 0.838 bits per heavy atom. The molecule has 4 N–H and O–H groups in total. The highest BCUT2D eigenvalue weighted by molar-refractivity contribution is 5.73. The van der Waals surface area contributed by atoms with Gasteiger partial charge in [-0.1, -0.05) is 68.4 Å². The molecule has 0 saturated carbocycles. The van der Waals surface area contributed by atoms with Gasteiger partial charge in [0.05, 0.1) is 0 Å². The first kappa shape index (κ1) is 26.6. The maximum Gasteiger partial charge on any atom is 0.335 e. The van der Waals surface area contributed by atoms with Crippen LogP contribution in [0, 0.1) is 0 Å². The number of hydrogen-bond donors (Lipinski definition) is 4. The minimum absolute atomic E-state index is 0.300. The third-order valence-electron chi connectivity index (χ3n) is 7.00. The molecule has 0 aliphatic carbocycles. The second-order valence-corrected chi connectivity index (χ2v) is 9.36. The molecule has 3 aromatic rings. The Kier molecular flexibility index (Phi) is 8.14. The largest absolute Gasteiger partial charge is 0.489 e. The molecule has 1 aliphatic rings. The number of hydrogen-bond acceptors (Lipinski definition) is 7. The van der Waals surface area contributed by atoms with Gasteiger partial charge < -0.3 is 34.6 Å². The molecule has 0 spiro atoms. The van der Waals surface area contributed by atoms with Gasteiger partial charge in [-0.15, -0.1) is 0 Å². The number of carboxylic acids is 1. The lowest BCUT2D eigenvalue weighted by Gasteiger charge is -2.38. The summed E-state index contributed by atoms with van der Waals surface area (Å²) in [5, 5.41) is 39.3. The van der Waals surface area contributed by atoms with Crippen LogP contribution in [0.1, 0.15) is 37.0 Å². The average Bonchev–Trinajstić information content (AvgIpc) is 2.92. The van der Waals surface area contributed by atoms with Gasteiger partial charge in [0.15, 0.2) is 6.10 Å². The number of rotatable bonds is 9. The number of aliphatic hydroxyl groups is 3. The van der Waals surface area contributed by atoms with Crippen molar-refractivity contribution in [3.63, 3.8) is 0 Å². The lowest BCUT2D eigenvalue weighted by molar-refractivity contribution is -0.271. The molecule has 0 bridgehead atoms. The van der Waals surface area contributed by atoms with Gasteiger partial charge in [-0.3, -0.25) is 0 Å². The Balaban J connectivity index is 1.45. The van der Waals surface area contributed by atoms with Crippen LogP contribution >= 0.6 is 0 Å². The summed E-state index contributed by atoms with van der Waals surface area (Å²) in [5.74, 6) is -0.353. The van der Waals surface area contributed by atoms with Crippen LogP contribution in [-0.2, 0) is 21.6 Å². The van der Waals surface area contributed by atoms with Crippen LogP contribution in [0.15, 0.2) is 78.9 Å². The van der Waals surface area contributed by atoms with Crippen LogP contribution in [0.3, 0.4) is 0 Å². The molecule has 4 rings (SSSR count). The van der Waals surface area contributed by atoms with Crippen LogP contribution < -0.4 is 9.47 Å². The van der Waals surface area contributed by atoms with Gasteiger partial charge in [0.2, 0.25) is 6.29 Å². The maximum absolute atomic E-state index is 11.3. The summed E-state index contributed by atoms with van der Waals surface area (Å²) in [6, 6.07) is 25.2. The van der Waals surface area contributed by atoms with Gasteiger partial charge >= 0.3 is 5.97 Å². The van der Waals surface area contributed by atoms with E-state index in [0.717, 1.165) is 28.9 Å². The second-order valence-electron chi connectivity index (χ2n) is 9.36. The van der Waals surface area contributed by atoms with E-state index in [9.17, 15) is 25.2 Å². The molecule has 0 aromatic heterocycles. The van der Waals surface area contributed by atoms with Crippen LogP contribution in [-0.4, -0.2) is 57.1 Å². The third-order valence-corrected chi connectivity index (χ3v) is 7.00. The van der Waals surface area contributed by atoms with E-state index in [1.54, 1.807) is 12.1 Å². The van der Waals surface area contributed by atoms with Crippen molar-refractivity contribution < 1.29 is 39.4 Å². The molecule has 1 aliphatic heterocycles. The number of aliphatic carboxylic acids is 1. The normalized spacial score (nSPS) is 25.2. The summed E-state index contributed by atoms with van der Waals surface area (Å²) in [6.45, 7) is 4.75. The van der Waals surface area contributed by atoms with Crippen molar-refractivity contribution in [2.45, 2.75) is 63.0 Å². The van der Waals surface area contributed by atoms with Crippen molar-refractivity contribution in [3.05, 3.63) is 95.6 Å². The Bertz CT molecular complexity index is 1160. The second kappa shape index (κ2) is 11.3. The minimum Gasteiger partial charge on any atom is -0.489 e. The topological polar surface area (TPSA) is 126 Å². The number of benzene rings is 3. The van der Waals surface area contributed by atoms with Crippen molar-refractivity contribution in [2.24, 2.45) is 0 Å². The summed E-state index contributed by atoms with van der Waals surface area (Å²) in [5.41, 5.74) is 2.95. The van der Waals surface area contributed by atoms with E-state index in [2.05, 4.69) is 26.0 Å². The quantitative estimate of drug-likeness (QED) is 0.347. The van der Waals surface area contributed by atoms with Gasteiger partial charge in [-0.25, -0.2) is 4.79 Å². The Hall–Kier alpha value is -3.43. The van der Waals surface area contributed by atoms with Crippen LogP contribution in [0.25, 0.3) is 0 Å². The molecule has 37 heavy (non-hydrogen) atoms. The van der Waals surface area contributed by atoms with Gasteiger partial charge in [0.1, 0.15) is 36.4 Å². The molecule has 6 atom stereocenters. The third kappa shape index (κ3) is 5.78. The molecule has 196 valence electrons. The SMILES string of the molecule is CCC(C)(c1ccc(OCc2ccccc2)cc1)c1ccc(O[C@H]2O[C@@H](C(=O)O)[C@H](O)[C@@H](O)[C@@H]2O)cc1. The summed E-state index contributed by atoms with van der Waals surface area (Å²) >= 11 is 0. The van der Waals surface area contributed by atoms with Crippen molar-refractivity contribution in [1.29, 1.82) is 0 Å². The van der Waals surface area contributed by atoms with E-state index in [-0.39, 0.29) is 5.41 Å². The Morgan fingerprint density at radius 3 is 1.95 bits per heavy atom. The molecule has 3 aromatic carbocycles. The van der Waals surface area contributed by atoms with E-state index in [0.29, 0.717) is 12.4 Å². The van der Waals surface area contributed by atoms with E-state index in [4.69, 9.17) is 14.2 Å². The van der Waals surface area contributed by atoms with Gasteiger partial charge in [0.25, 0.3) is 0 Å². The highest BCUT2D eigenvalue weighted by Crippen LogP contribution is 2.37. The monoisotopic (exact) mass is 508 g/mol. The minimum atomic E-state index is -1.77. The van der Waals surface area contributed by atoms with Gasteiger partial charge in [0, 0.05) is 5.41 Å². The first-order chi connectivity index (χ1) is 17.7. The zero-order valence-electron chi connectivity index (χ0n) is 20.7. The molecule has 0 radical (unpaired) electrons. The number of aliphatic hydroxyl groups excluding tert-OH is 3. The molecule has 8 heteroatoms. The van der Waals surface area contributed by atoms with Crippen molar-refractivity contribution in [2.75, 3.05) is 0 Å². The smallest absolute Gasteiger partial charge is 0.335 e. The van der Waals surface area contributed by atoms with Crippen LogP contribution in [0.5, 0.6) is 11.5 Å². The zero-order chi connectivity index (χ0) is 26.6. The fourth-order valence-electron chi connectivity index (χ4n) is 4.42. The van der Waals surface area contributed by atoms with E-state index >= 15 is 0 Å². The maximum atomic E-state index is 11.3. The van der Waals surface area contributed by atoms with E-state index < -0.39 is 36.7 Å². The van der Waals surface area contributed by atoms with Crippen molar-refractivity contribution >= 4 is 5.97 Å². The highest BCUT2D eigenvalue weighted by Gasteiger charge is 2.48. The van der Waals surface area contributed by atoms with Crippen molar-refractivity contribution in [3.8, 4) is 11.5 Å². The average molecular weight is 509 g/mol. The van der Waals surface area contributed by atoms with Crippen LogP contribution in [0.4, 0.5) is 0 Å². The number of ether oxygens (including phenoxy) is 3. The number of carbonyl (C=O) groups is 1. The lowest BCUT2D eigenvalue weighted by atomic mass is 9.74. The fraction of sp³-hybridized carbons (Fsp3) is 0.345. The molecule has 1 saturated heterocycles. The van der Waals surface area contributed by atoms with Crippen molar-refractivity contribution in [1.82, 2.24) is 0 Å². The van der Waals surface area contributed by atoms with E-state index in [1.165, 1.54) is 0 Å². The van der Waals surface area contributed by atoms with Crippen LogP contribution in [0.2, 0.25) is 0 Å². The molecule has 1 fully saturated rings. The predicted molar refractivity (Wildman–Crippen MR) is 135 cm³/mol. The standard InChI is InChI=1S/C29H32O8/c1-3-29(2,19-9-13-21(14-10-19)35-17-18-7-5-4-6-8-18)20-11-15-22(16-12-20)36-28-25(32)23(30)24(31)26(37-28)27(33)34/h4-16,23-26,28,30-32H,3,17H2,1-2H3,(H,33,34)/t23-,24-,25+,26-,28+,29?/m1/s1. The zero-order valence-corrected chi connectivity index (χ0v) is 20.7. The molecule has 0 amide bonds. The Labute approximate surface area is 215 Å². The van der Waals surface area contributed by atoms with Gasteiger partial charge in [-0.05, 0) is 47.4 Å². The molecule has 1 heterocycles. The lowest BCUT2D eigenvalue weighted by Crippen LogP contribution is -2.61. The molecule has 1 unspecified atom stereocenters. The molecular weight excluding hydrogens is 476 g/mol. The summed E-state index contributed by atoms with van der Waals surface area (Å²) in [7, 11) is 0. The first-order valence-electron chi connectivity index (χ1n) is 12.2. The Morgan fingerprint density at radius 2 is 1.41 bits per heavy atom. The molecule has 8 nitrogen and oxygen atoms in total. The fourth-order valence-corrected chi connectivity index (χ4v) is 4.42.